The van der Waals surface area contributed by atoms with Gasteiger partial charge in [-0.3, -0.25) is 14.8 Å². The van der Waals surface area contributed by atoms with E-state index in [0.29, 0.717) is 19.4 Å². The zero-order valence-corrected chi connectivity index (χ0v) is 13.1. The molecule has 0 bridgehead atoms. The van der Waals surface area contributed by atoms with Gasteiger partial charge in [0.2, 0.25) is 5.91 Å². The molecule has 7 heteroatoms. The molecule has 0 heterocycles. The molecule has 0 aromatic carbocycles. The average molecular weight is 311 g/mol. The van der Waals surface area contributed by atoms with Crippen molar-refractivity contribution in [1.82, 2.24) is 10.8 Å². The van der Waals surface area contributed by atoms with Crippen molar-refractivity contribution in [3.8, 4) is 11.8 Å². The molecule has 7 nitrogen and oxygen atoms in total. The van der Waals surface area contributed by atoms with Crippen LogP contribution in [0.1, 0.15) is 39.5 Å². The number of nitrogens with two attached hydrogens (primary N) is 1. The molecule has 0 unspecified atom stereocenters. The Morgan fingerprint density at radius 2 is 2.00 bits per heavy atom. The number of carbonyl (C=O) groups excluding carboxylic acids is 2. The zero-order chi connectivity index (χ0) is 16.5. The molecular weight excluding hydrogens is 286 g/mol. The zero-order valence-electron chi connectivity index (χ0n) is 13.1. The monoisotopic (exact) mass is 311 g/mol. The largest absolute Gasteiger partial charge is 0.366 e. The quantitative estimate of drug-likeness (QED) is 0.311. The number of carbonyl (C=O) groups is 2. The minimum Gasteiger partial charge on any atom is -0.366 e. The van der Waals surface area contributed by atoms with Crippen molar-refractivity contribution in [1.29, 1.82) is 0 Å². The molecule has 1 rings (SSSR count). The summed E-state index contributed by atoms with van der Waals surface area (Å²) in [5, 5.41) is 11.3. The van der Waals surface area contributed by atoms with Gasteiger partial charge in [-0.25, -0.2) is 5.48 Å². The number of ether oxygens (including phenoxy) is 1. The van der Waals surface area contributed by atoms with Gasteiger partial charge in [-0.15, -0.1) is 5.92 Å². The van der Waals surface area contributed by atoms with Crippen LogP contribution in [-0.2, 0) is 14.3 Å². The van der Waals surface area contributed by atoms with Gasteiger partial charge in [-0.2, -0.15) is 0 Å². The highest BCUT2D eigenvalue weighted by atomic mass is 16.5. The molecule has 0 aromatic rings. The number of amides is 2. The maximum Gasteiger partial charge on any atom is 0.267 e. The van der Waals surface area contributed by atoms with Crippen LogP contribution in [0.25, 0.3) is 0 Å². The summed E-state index contributed by atoms with van der Waals surface area (Å²) in [7, 11) is 0. The lowest BCUT2D eigenvalue weighted by atomic mass is 9.86. The Labute approximate surface area is 130 Å². The van der Waals surface area contributed by atoms with Crippen LogP contribution < -0.4 is 16.5 Å². The third-order valence-electron chi connectivity index (χ3n) is 3.83. The summed E-state index contributed by atoms with van der Waals surface area (Å²) in [6.45, 7) is 3.78. The van der Waals surface area contributed by atoms with E-state index in [2.05, 4.69) is 17.2 Å². The van der Waals surface area contributed by atoms with Gasteiger partial charge in [-0.05, 0) is 39.5 Å². The number of hydroxylamine groups is 1. The first-order valence-corrected chi connectivity index (χ1v) is 7.50. The van der Waals surface area contributed by atoms with Gasteiger partial charge in [0.15, 0.2) is 0 Å². The van der Waals surface area contributed by atoms with E-state index in [1.807, 2.05) is 0 Å². The van der Waals surface area contributed by atoms with Crippen LogP contribution in [0, 0.1) is 17.8 Å². The molecule has 1 fully saturated rings. The van der Waals surface area contributed by atoms with Crippen LogP contribution in [-0.4, -0.2) is 41.8 Å². The molecule has 22 heavy (non-hydrogen) atoms. The summed E-state index contributed by atoms with van der Waals surface area (Å²) in [4.78, 5) is 23.7. The molecule has 2 amide bonds. The molecule has 5 N–H and O–H groups in total. The summed E-state index contributed by atoms with van der Waals surface area (Å²) in [6.07, 6.45) is 3.11. The Kier molecular flexibility index (Phi) is 7.88. The molecule has 1 aliphatic rings. The fourth-order valence-corrected chi connectivity index (χ4v) is 2.50. The van der Waals surface area contributed by atoms with E-state index in [0.717, 1.165) is 12.8 Å². The molecular formula is C15H25N3O4. The van der Waals surface area contributed by atoms with Crippen LogP contribution in [0.4, 0.5) is 0 Å². The Morgan fingerprint density at radius 3 is 2.50 bits per heavy atom. The molecule has 0 spiro atoms. The molecule has 0 saturated heterocycles. The minimum absolute atomic E-state index is 0.134. The van der Waals surface area contributed by atoms with Crippen LogP contribution in [0.15, 0.2) is 0 Å². The highest BCUT2D eigenvalue weighted by Gasteiger charge is 2.31. The highest BCUT2D eigenvalue weighted by Crippen LogP contribution is 2.26. The van der Waals surface area contributed by atoms with E-state index in [1.54, 1.807) is 13.8 Å². The molecule has 1 saturated carbocycles. The van der Waals surface area contributed by atoms with Crippen molar-refractivity contribution >= 4 is 11.8 Å². The first-order chi connectivity index (χ1) is 10.5. The Hall–Kier alpha value is -1.62. The van der Waals surface area contributed by atoms with Crippen molar-refractivity contribution in [3.63, 3.8) is 0 Å². The summed E-state index contributed by atoms with van der Waals surface area (Å²) >= 11 is 0. The predicted octanol–water partition coefficient (Wildman–Crippen LogP) is -0.0775. The van der Waals surface area contributed by atoms with Gasteiger partial charge in [0.05, 0.1) is 6.10 Å². The van der Waals surface area contributed by atoms with Crippen LogP contribution in [0.3, 0.4) is 0 Å². The second kappa shape index (κ2) is 9.41. The average Bonchev–Trinajstić information content (AvgIpc) is 2.52. The fraction of sp³-hybridized carbons (Fsp3) is 0.733. The summed E-state index contributed by atoms with van der Waals surface area (Å²) in [6, 6.07) is -1.53. The van der Waals surface area contributed by atoms with E-state index in [-0.39, 0.29) is 17.9 Å². The third-order valence-corrected chi connectivity index (χ3v) is 3.83. The van der Waals surface area contributed by atoms with Crippen molar-refractivity contribution in [2.24, 2.45) is 11.7 Å². The Balaban J connectivity index is 2.44. The number of rotatable bonds is 6. The van der Waals surface area contributed by atoms with Crippen LogP contribution >= 0.6 is 0 Å². The first kappa shape index (κ1) is 18.4. The second-order valence-electron chi connectivity index (χ2n) is 5.53. The molecule has 0 aromatic heterocycles. The molecule has 0 radical (unpaired) electrons. The first-order valence-electron chi connectivity index (χ1n) is 7.50. The third kappa shape index (κ3) is 5.64. The summed E-state index contributed by atoms with van der Waals surface area (Å²) in [5.74, 6) is 4.54. The second-order valence-corrected chi connectivity index (χ2v) is 5.53. The van der Waals surface area contributed by atoms with E-state index in [4.69, 9.17) is 15.7 Å². The van der Waals surface area contributed by atoms with E-state index >= 15 is 0 Å². The van der Waals surface area contributed by atoms with Crippen LogP contribution in [0.5, 0.6) is 0 Å². The molecule has 124 valence electrons. The maximum absolute atomic E-state index is 12.2. The van der Waals surface area contributed by atoms with Crippen molar-refractivity contribution in [2.75, 3.05) is 6.61 Å². The molecule has 1 aliphatic carbocycles. The standard InChI is InChI=1S/C15H25N3O4/c1-3-4-9-22-12-7-5-11(6-8-12)14(19)17-13(10(2)16)15(20)18-21/h10-13,21H,5-9,16H2,1-2H3,(H,17,19)(H,18,20)/t10-,11-,12-,13+/m1/s1. The van der Waals surface area contributed by atoms with Crippen molar-refractivity contribution < 1.29 is 19.5 Å². The van der Waals surface area contributed by atoms with E-state index < -0.39 is 18.0 Å². The van der Waals surface area contributed by atoms with Crippen molar-refractivity contribution in [2.45, 2.75) is 57.7 Å². The lowest BCUT2D eigenvalue weighted by Crippen LogP contribution is -2.56. The Morgan fingerprint density at radius 1 is 1.36 bits per heavy atom. The lowest BCUT2D eigenvalue weighted by molar-refractivity contribution is -0.137. The lowest BCUT2D eigenvalue weighted by Gasteiger charge is -2.29. The van der Waals surface area contributed by atoms with E-state index in [9.17, 15) is 9.59 Å². The van der Waals surface area contributed by atoms with Gasteiger partial charge in [0.25, 0.3) is 5.91 Å². The van der Waals surface area contributed by atoms with E-state index in [1.165, 1.54) is 5.48 Å². The molecule has 0 aliphatic heterocycles. The number of hydrogen-bond donors (Lipinski definition) is 4. The summed E-state index contributed by atoms with van der Waals surface area (Å²) < 4.78 is 5.60. The number of nitrogens with one attached hydrogen (secondary N) is 2. The minimum atomic E-state index is -0.939. The van der Waals surface area contributed by atoms with Gasteiger partial charge in [0, 0.05) is 12.0 Å². The maximum atomic E-state index is 12.2. The smallest absolute Gasteiger partial charge is 0.267 e. The van der Waals surface area contributed by atoms with Crippen LogP contribution in [0.2, 0.25) is 0 Å². The SMILES string of the molecule is CC#CCO[C@H]1CC[C@H](C(=O)N[C@H](C(=O)NO)[C@@H](C)N)CC1. The number of hydrogen-bond acceptors (Lipinski definition) is 5. The summed E-state index contributed by atoms with van der Waals surface area (Å²) in [5.41, 5.74) is 7.19. The molecule has 2 atom stereocenters. The van der Waals surface area contributed by atoms with Crippen molar-refractivity contribution in [3.05, 3.63) is 0 Å². The van der Waals surface area contributed by atoms with Gasteiger partial charge >= 0.3 is 0 Å². The Bertz CT molecular complexity index is 434. The van der Waals surface area contributed by atoms with Gasteiger partial charge in [0.1, 0.15) is 12.6 Å². The topological polar surface area (TPSA) is 114 Å². The highest BCUT2D eigenvalue weighted by molar-refractivity contribution is 5.88. The fourth-order valence-electron chi connectivity index (χ4n) is 2.50. The normalized spacial score (nSPS) is 23.6. The predicted molar refractivity (Wildman–Crippen MR) is 80.7 cm³/mol. The van der Waals surface area contributed by atoms with Gasteiger partial charge in [-0.1, -0.05) is 5.92 Å². The van der Waals surface area contributed by atoms with Gasteiger partial charge < -0.3 is 15.8 Å².